The number of hydrogen-bond acceptors (Lipinski definition) is 10. The number of nitrogens with one attached hydrogen (secondary N) is 2. The van der Waals surface area contributed by atoms with Gasteiger partial charge in [0.05, 0.1) is 11.3 Å². The maximum absolute atomic E-state index is 13.0. The van der Waals surface area contributed by atoms with Gasteiger partial charge in [-0.15, -0.1) is 0 Å². The summed E-state index contributed by atoms with van der Waals surface area (Å²) in [4.78, 5) is 35.6. The topological polar surface area (TPSA) is 164 Å². The van der Waals surface area contributed by atoms with Crippen molar-refractivity contribution in [1.29, 1.82) is 5.26 Å². The summed E-state index contributed by atoms with van der Waals surface area (Å²) in [5.41, 5.74) is 11.2. The standard InChI is InChI=1S/C34H32FN11O/c35-14-1-3-24(20-38-22-47)28-9-10-29-34(42-28)46(33(43-29)27-4-2-15-40-32(27)37)26-7-5-23(6-8-26)21-45-17-12-25(13-18-45)41-30-11-16-39-31(19-36)44-30/h1-11,15-16,20,22,25H,12-14,17-18,21H2,(H2,37,40)(H,38,47)(H,39,41,44)/b3-1-,24-20+. The zero-order valence-corrected chi connectivity index (χ0v) is 25.4. The third-order valence-corrected chi connectivity index (χ3v) is 7.87. The number of aromatic nitrogens is 6. The van der Waals surface area contributed by atoms with E-state index in [0.717, 1.165) is 43.7 Å². The van der Waals surface area contributed by atoms with Gasteiger partial charge in [0.25, 0.3) is 0 Å². The van der Waals surface area contributed by atoms with Crippen LogP contribution < -0.4 is 16.4 Å². The molecule has 12 nitrogen and oxygen atoms in total. The lowest BCUT2D eigenvalue weighted by molar-refractivity contribution is -0.108. The van der Waals surface area contributed by atoms with Crippen molar-refractivity contribution in [3.8, 4) is 23.1 Å². The fraction of sp³-hybridized carbons (Fsp3) is 0.206. The molecule has 0 bridgehead atoms. The molecule has 1 amide bonds. The van der Waals surface area contributed by atoms with Gasteiger partial charge in [-0.2, -0.15) is 5.26 Å². The van der Waals surface area contributed by atoms with Crippen molar-refractivity contribution in [1.82, 2.24) is 39.7 Å². The van der Waals surface area contributed by atoms with Crippen molar-refractivity contribution in [2.45, 2.75) is 25.4 Å². The van der Waals surface area contributed by atoms with Gasteiger partial charge in [0.2, 0.25) is 12.2 Å². The number of fused-ring (bicyclic) bond motifs is 1. The predicted octanol–water partition coefficient (Wildman–Crippen LogP) is 4.42. The summed E-state index contributed by atoms with van der Waals surface area (Å²) in [7, 11) is 0. The van der Waals surface area contributed by atoms with Crippen molar-refractivity contribution < 1.29 is 9.18 Å². The average molecular weight is 630 g/mol. The van der Waals surface area contributed by atoms with Gasteiger partial charge in [-0.1, -0.05) is 24.3 Å². The molecule has 5 aromatic rings. The Morgan fingerprint density at radius 1 is 1.04 bits per heavy atom. The van der Waals surface area contributed by atoms with E-state index in [9.17, 15) is 9.18 Å². The van der Waals surface area contributed by atoms with Crippen LogP contribution in [0, 0.1) is 11.3 Å². The Hall–Kier alpha value is -6.00. The van der Waals surface area contributed by atoms with Crippen molar-refractivity contribution in [2.24, 2.45) is 0 Å². The Kier molecular flexibility index (Phi) is 9.50. The molecule has 1 aliphatic rings. The number of nitrogens with zero attached hydrogens (tertiary/aromatic N) is 8. The Morgan fingerprint density at radius 2 is 1.87 bits per heavy atom. The normalized spacial score (nSPS) is 14.3. The molecule has 1 fully saturated rings. The van der Waals surface area contributed by atoms with Gasteiger partial charge >= 0.3 is 0 Å². The highest BCUT2D eigenvalue weighted by Gasteiger charge is 2.21. The number of pyridine rings is 2. The second kappa shape index (κ2) is 14.4. The highest BCUT2D eigenvalue weighted by Crippen LogP contribution is 2.31. The smallest absolute Gasteiger partial charge is 0.234 e. The van der Waals surface area contributed by atoms with Crippen molar-refractivity contribution >= 4 is 34.8 Å². The van der Waals surface area contributed by atoms with E-state index in [1.165, 1.54) is 12.3 Å². The molecule has 0 spiro atoms. The lowest BCUT2D eigenvalue weighted by Gasteiger charge is -2.32. The third-order valence-electron chi connectivity index (χ3n) is 7.87. The van der Waals surface area contributed by atoms with Crippen LogP contribution in [0.2, 0.25) is 0 Å². The minimum Gasteiger partial charge on any atom is -0.383 e. The van der Waals surface area contributed by atoms with Gasteiger partial charge in [0, 0.05) is 55.5 Å². The highest BCUT2D eigenvalue weighted by molar-refractivity contribution is 5.85. The Bertz CT molecular complexity index is 1970. The maximum atomic E-state index is 13.0. The fourth-order valence-electron chi connectivity index (χ4n) is 5.60. The van der Waals surface area contributed by atoms with Crippen LogP contribution in [0.3, 0.4) is 0 Å². The van der Waals surface area contributed by atoms with Crippen LogP contribution in [0.4, 0.5) is 16.0 Å². The molecule has 0 atom stereocenters. The Morgan fingerprint density at radius 3 is 2.62 bits per heavy atom. The zero-order chi connectivity index (χ0) is 32.6. The van der Waals surface area contributed by atoms with Crippen LogP contribution in [0.1, 0.15) is 29.9 Å². The number of carbonyl (C=O) groups is 1. The van der Waals surface area contributed by atoms with Crippen LogP contribution in [-0.4, -0.2) is 66.6 Å². The number of likely N-dealkylation sites (tertiary alicyclic amines) is 1. The van der Waals surface area contributed by atoms with Gasteiger partial charge in [-0.05, 0) is 60.9 Å². The number of alkyl halides is 1. The Labute approximate surface area is 270 Å². The van der Waals surface area contributed by atoms with E-state index in [0.29, 0.717) is 51.9 Å². The summed E-state index contributed by atoms with van der Waals surface area (Å²) >= 11 is 0. The van der Waals surface area contributed by atoms with E-state index in [4.69, 9.17) is 21.0 Å². The van der Waals surface area contributed by atoms with Gasteiger partial charge < -0.3 is 16.4 Å². The highest BCUT2D eigenvalue weighted by atomic mass is 19.1. The van der Waals surface area contributed by atoms with Gasteiger partial charge in [-0.3, -0.25) is 14.3 Å². The number of nitriles is 1. The molecule has 5 heterocycles. The van der Waals surface area contributed by atoms with Crippen LogP contribution in [0.15, 0.2) is 85.3 Å². The van der Waals surface area contributed by atoms with Crippen LogP contribution in [0.5, 0.6) is 0 Å². The number of benzene rings is 1. The maximum Gasteiger partial charge on any atom is 0.234 e. The summed E-state index contributed by atoms with van der Waals surface area (Å²) < 4.78 is 14.9. The molecule has 13 heteroatoms. The summed E-state index contributed by atoms with van der Waals surface area (Å²) in [6.07, 6.45) is 10.1. The number of carbonyl (C=O) groups excluding carboxylic acids is 1. The fourth-order valence-corrected chi connectivity index (χ4v) is 5.60. The summed E-state index contributed by atoms with van der Waals surface area (Å²) in [5, 5.41) is 15.0. The molecule has 0 radical (unpaired) electrons. The van der Waals surface area contributed by atoms with Gasteiger partial charge in [0.1, 0.15) is 29.9 Å². The number of halogens is 1. The molecule has 1 saturated heterocycles. The number of nitrogen functional groups attached to an aromatic ring is 1. The van der Waals surface area contributed by atoms with Crippen molar-refractivity contribution in [2.75, 3.05) is 30.8 Å². The first kappa shape index (κ1) is 31.0. The zero-order valence-electron chi connectivity index (χ0n) is 25.4. The minimum absolute atomic E-state index is 0.158. The summed E-state index contributed by atoms with van der Waals surface area (Å²) in [5.74, 6) is 1.75. The van der Waals surface area contributed by atoms with Crippen LogP contribution >= 0.6 is 0 Å². The van der Waals surface area contributed by atoms with Gasteiger partial charge in [-0.25, -0.2) is 29.3 Å². The predicted molar refractivity (Wildman–Crippen MR) is 177 cm³/mol. The number of anilines is 2. The SMILES string of the molecule is N#Cc1nccc(NC2CCN(Cc3ccc(-n4c(-c5cccnc5N)nc5ccc(C(/C=C\CF)=C/NC=O)nc54)cc3)CC2)n1. The Balaban J connectivity index is 1.25. The number of allylic oxidation sites excluding steroid dienone is 3. The van der Waals surface area contributed by atoms with Crippen molar-refractivity contribution in [3.05, 3.63) is 102 Å². The molecule has 47 heavy (non-hydrogen) atoms. The number of rotatable bonds is 11. The number of nitrogens with two attached hydrogens (primary N) is 1. The van der Waals surface area contributed by atoms with E-state index in [1.807, 2.05) is 34.9 Å². The van der Waals surface area contributed by atoms with Crippen molar-refractivity contribution in [3.63, 3.8) is 0 Å². The number of amides is 1. The summed E-state index contributed by atoms with van der Waals surface area (Å²) in [6, 6.07) is 19.6. The second-order valence-electron chi connectivity index (χ2n) is 10.9. The molecule has 0 aliphatic carbocycles. The minimum atomic E-state index is -0.655. The van der Waals surface area contributed by atoms with E-state index in [-0.39, 0.29) is 11.9 Å². The molecule has 6 rings (SSSR count). The second-order valence-corrected chi connectivity index (χ2v) is 10.9. The van der Waals surface area contributed by atoms with Crippen LogP contribution in [-0.2, 0) is 11.3 Å². The third kappa shape index (κ3) is 7.13. The van der Waals surface area contributed by atoms with E-state index >= 15 is 0 Å². The number of piperidine rings is 1. The molecule has 236 valence electrons. The summed E-state index contributed by atoms with van der Waals surface area (Å²) in [6.45, 7) is 1.99. The molecule has 4 N–H and O–H groups in total. The molecule has 1 aliphatic heterocycles. The number of imidazole rings is 1. The van der Waals surface area contributed by atoms with Crippen LogP contribution in [0.25, 0.3) is 33.8 Å². The first-order chi connectivity index (χ1) is 23.1. The first-order valence-corrected chi connectivity index (χ1v) is 15.1. The molecule has 4 aromatic heterocycles. The van der Waals surface area contributed by atoms with E-state index < -0.39 is 6.67 Å². The first-order valence-electron chi connectivity index (χ1n) is 15.1. The lowest BCUT2D eigenvalue weighted by Crippen LogP contribution is -2.38. The van der Waals surface area contributed by atoms with E-state index in [2.05, 4.69) is 42.6 Å². The van der Waals surface area contributed by atoms with Gasteiger partial charge in [0.15, 0.2) is 11.5 Å². The average Bonchev–Trinajstić information content (AvgIpc) is 3.48. The molecule has 0 saturated carbocycles. The monoisotopic (exact) mass is 629 g/mol. The molecular formula is C34H32FN11O. The largest absolute Gasteiger partial charge is 0.383 e. The quantitative estimate of drug-likeness (QED) is 0.141. The molecule has 1 aromatic carbocycles. The molecular weight excluding hydrogens is 597 g/mol. The molecule has 0 unspecified atom stereocenters. The lowest BCUT2D eigenvalue weighted by atomic mass is 10.0. The number of hydrogen-bond donors (Lipinski definition) is 3. The van der Waals surface area contributed by atoms with E-state index in [1.54, 1.807) is 36.7 Å².